The van der Waals surface area contributed by atoms with Crippen molar-refractivity contribution in [2.75, 3.05) is 0 Å². The molecule has 2 rings (SSSR count). The second-order valence-electron chi connectivity index (χ2n) is 4.30. The summed E-state index contributed by atoms with van der Waals surface area (Å²) >= 11 is 5.93. The maximum atomic E-state index is 13.4. The standard InChI is InChI=1S/C15H11ClF2O/c1-9-2-3-10(7-13(9)16)15(19)8-11-6-12(17)4-5-14(11)18/h2-7H,8H2,1H3. The molecule has 0 spiro atoms. The minimum atomic E-state index is -0.590. The summed E-state index contributed by atoms with van der Waals surface area (Å²) in [6.45, 7) is 1.82. The lowest BCUT2D eigenvalue weighted by Gasteiger charge is -2.05. The normalized spacial score (nSPS) is 10.5. The Hall–Kier alpha value is -1.74. The van der Waals surface area contributed by atoms with E-state index in [-0.39, 0.29) is 17.8 Å². The van der Waals surface area contributed by atoms with Gasteiger partial charge in [0.25, 0.3) is 0 Å². The van der Waals surface area contributed by atoms with E-state index < -0.39 is 11.6 Å². The molecule has 0 unspecified atom stereocenters. The highest BCUT2D eigenvalue weighted by atomic mass is 35.5. The Morgan fingerprint density at radius 1 is 1.16 bits per heavy atom. The minimum absolute atomic E-state index is 0.0432. The zero-order chi connectivity index (χ0) is 14.0. The number of ketones is 1. The molecule has 0 saturated carbocycles. The summed E-state index contributed by atoms with van der Waals surface area (Å²) in [6, 6.07) is 7.95. The van der Waals surface area contributed by atoms with Crippen molar-refractivity contribution < 1.29 is 13.6 Å². The average Bonchev–Trinajstić information content (AvgIpc) is 2.37. The molecule has 19 heavy (non-hydrogen) atoms. The van der Waals surface area contributed by atoms with Crippen LogP contribution >= 0.6 is 11.6 Å². The maximum absolute atomic E-state index is 13.4. The Kier molecular flexibility index (Phi) is 3.96. The molecule has 0 heterocycles. The largest absolute Gasteiger partial charge is 0.294 e. The molecule has 0 aliphatic carbocycles. The molecule has 0 aliphatic heterocycles. The third kappa shape index (κ3) is 3.18. The summed E-state index contributed by atoms with van der Waals surface area (Å²) in [7, 11) is 0. The summed E-state index contributed by atoms with van der Waals surface area (Å²) in [4.78, 5) is 12.0. The van der Waals surface area contributed by atoms with Crippen molar-refractivity contribution >= 4 is 17.4 Å². The number of hydrogen-bond donors (Lipinski definition) is 0. The molecule has 0 bridgehead atoms. The molecule has 4 heteroatoms. The highest BCUT2D eigenvalue weighted by molar-refractivity contribution is 6.31. The van der Waals surface area contributed by atoms with Gasteiger partial charge in [-0.3, -0.25) is 4.79 Å². The van der Waals surface area contributed by atoms with Crippen molar-refractivity contribution in [1.82, 2.24) is 0 Å². The number of benzene rings is 2. The quantitative estimate of drug-likeness (QED) is 0.764. The molecule has 0 aromatic heterocycles. The zero-order valence-electron chi connectivity index (χ0n) is 10.2. The monoisotopic (exact) mass is 280 g/mol. The van der Waals surface area contributed by atoms with E-state index in [9.17, 15) is 13.6 Å². The van der Waals surface area contributed by atoms with Crippen LogP contribution < -0.4 is 0 Å². The van der Waals surface area contributed by atoms with Crippen molar-refractivity contribution in [3.05, 3.63) is 69.7 Å². The van der Waals surface area contributed by atoms with Crippen LogP contribution in [-0.2, 0) is 6.42 Å². The second-order valence-corrected chi connectivity index (χ2v) is 4.71. The van der Waals surface area contributed by atoms with Gasteiger partial charge in [0.2, 0.25) is 0 Å². The molecule has 0 N–H and O–H groups in total. The molecule has 1 nitrogen and oxygen atoms in total. The van der Waals surface area contributed by atoms with Crippen LogP contribution in [-0.4, -0.2) is 5.78 Å². The molecule has 2 aromatic carbocycles. The lowest BCUT2D eigenvalue weighted by Crippen LogP contribution is -2.06. The van der Waals surface area contributed by atoms with E-state index in [1.165, 1.54) is 6.07 Å². The highest BCUT2D eigenvalue weighted by Crippen LogP contribution is 2.19. The van der Waals surface area contributed by atoms with Crippen LogP contribution in [0.5, 0.6) is 0 Å². The van der Waals surface area contributed by atoms with E-state index >= 15 is 0 Å². The Morgan fingerprint density at radius 2 is 1.89 bits per heavy atom. The number of halogens is 3. The average molecular weight is 281 g/mol. The van der Waals surface area contributed by atoms with Gasteiger partial charge in [-0.1, -0.05) is 23.7 Å². The third-order valence-corrected chi connectivity index (χ3v) is 3.26. The van der Waals surface area contributed by atoms with E-state index in [0.29, 0.717) is 10.6 Å². The molecule has 0 fully saturated rings. The van der Waals surface area contributed by atoms with E-state index in [1.807, 2.05) is 6.92 Å². The lowest BCUT2D eigenvalue weighted by molar-refractivity contribution is 0.0992. The first-order valence-electron chi connectivity index (χ1n) is 5.70. The number of rotatable bonds is 3. The fourth-order valence-electron chi connectivity index (χ4n) is 1.72. The van der Waals surface area contributed by atoms with Gasteiger partial charge in [-0.25, -0.2) is 8.78 Å². The second kappa shape index (κ2) is 5.49. The van der Waals surface area contributed by atoms with Crippen molar-refractivity contribution in [3.8, 4) is 0 Å². The summed E-state index contributed by atoms with van der Waals surface area (Å²) in [5.74, 6) is -1.45. The fourth-order valence-corrected chi connectivity index (χ4v) is 1.90. The van der Waals surface area contributed by atoms with Gasteiger partial charge in [0.1, 0.15) is 11.6 Å². The molecule has 0 saturated heterocycles. The molecule has 0 radical (unpaired) electrons. The first-order valence-corrected chi connectivity index (χ1v) is 6.08. The number of hydrogen-bond acceptors (Lipinski definition) is 1. The van der Waals surface area contributed by atoms with Crippen molar-refractivity contribution in [2.24, 2.45) is 0 Å². The Balaban J connectivity index is 2.25. The number of Topliss-reactive ketones (excluding diaryl/α,β-unsaturated/α-hetero) is 1. The van der Waals surface area contributed by atoms with Crippen LogP contribution in [0.25, 0.3) is 0 Å². The summed E-state index contributed by atoms with van der Waals surface area (Å²) in [6.07, 6.45) is -0.191. The Bertz CT molecular complexity index is 638. The van der Waals surface area contributed by atoms with Gasteiger partial charge < -0.3 is 0 Å². The van der Waals surface area contributed by atoms with E-state index in [2.05, 4.69) is 0 Å². The molecule has 0 aliphatic rings. The number of aryl methyl sites for hydroxylation is 1. The first-order chi connectivity index (χ1) is 8.97. The Labute approximate surface area is 114 Å². The number of carbonyl (C=O) groups excluding carboxylic acids is 1. The minimum Gasteiger partial charge on any atom is -0.294 e. The molecule has 2 aromatic rings. The van der Waals surface area contributed by atoms with Crippen LogP contribution in [0, 0.1) is 18.6 Å². The van der Waals surface area contributed by atoms with E-state index in [0.717, 1.165) is 23.8 Å². The van der Waals surface area contributed by atoms with Crippen LogP contribution in [0.3, 0.4) is 0 Å². The fraction of sp³-hybridized carbons (Fsp3) is 0.133. The van der Waals surface area contributed by atoms with Gasteiger partial charge in [0.15, 0.2) is 5.78 Å². The predicted octanol–water partition coefficient (Wildman–Crippen LogP) is 4.35. The number of carbonyl (C=O) groups is 1. The summed E-state index contributed by atoms with van der Waals surface area (Å²) in [5, 5.41) is 0.477. The lowest BCUT2D eigenvalue weighted by atomic mass is 10.0. The first kappa shape index (κ1) is 13.7. The van der Waals surface area contributed by atoms with E-state index in [1.54, 1.807) is 12.1 Å². The molecule has 0 amide bonds. The molecule has 98 valence electrons. The molecular formula is C15H11ClF2O. The van der Waals surface area contributed by atoms with Crippen molar-refractivity contribution in [1.29, 1.82) is 0 Å². The Morgan fingerprint density at radius 3 is 2.58 bits per heavy atom. The highest BCUT2D eigenvalue weighted by Gasteiger charge is 2.12. The smallest absolute Gasteiger partial charge is 0.167 e. The SMILES string of the molecule is Cc1ccc(C(=O)Cc2cc(F)ccc2F)cc1Cl. The van der Waals surface area contributed by atoms with E-state index in [4.69, 9.17) is 11.6 Å². The maximum Gasteiger partial charge on any atom is 0.167 e. The van der Waals surface area contributed by atoms with Crippen LogP contribution in [0.4, 0.5) is 8.78 Å². The van der Waals surface area contributed by atoms with Gasteiger partial charge in [0.05, 0.1) is 0 Å². The van der Waals surface area contributed by atoms with Crippen LogP contribution in [0.15, 0.2) is 36.4 Å². The van der Waals surface area contributed by atoms with Crippen molar-refractivity contribution in [2.45, 2.75) is 13.3 Å². The van der Waals surface area contributed by atoms with Gasteiger partial charge in [-0.05, 0) is 42.3 Å². The zero-order valence-corrected chi connectivity index (χ0v) is 11.0. The van der Waals surface area contributed by atoms with Gasteiger partial charge in [-0.15, -0.1) is 0 Å². The predicted molar refractivity (Wildman–Crippen MR) is 70.6 cm³/mol. The van der Waals surface area contributed by atoms with Gasteiger partial charge in [-0.2, -0.15) is 0 Å². The van der Waals surface area contributed by atoms with Crippen LogP contribution in [0.2, 0.25) is 5.02 Å². The summed E-state index contributed by atoms with van der Waals surface area (Å²) < 4.78 is 26.5. The molecule has 0 atom stereocenters. The van der Waals surface area contributed by atoms with Gasteiger partial charge >= 0.3 is 0 Å². The third-order valence-electron chi connectivity index (χ3n) is 2.85. The van der Waals surface area contributed by atoms with Crippen molar-refractivity contribution in [3.63, 3.8) is 0 Å². The summed E-state index contributed by atoms with van der Waals surface area (Å²) in [5.41, 5.74) is 1.29. The molecular weight excluding hydrogens is 270 g/mol. The van der Waals surface area contributed by atoms with Crippen LogP contribution in [0.1, 0.15) is 21.5 Å². The topological polar surface area (TPSA) is 17.1 Å². The van der Waals surface area contributed by atoms with Gasteiger partial charge in [0, 0.05) is 17.0 Å².